The molecular formula is C15H21FN2O2. The van der Waals surface area contributed by atoms with E-state index < -0.39 is 5.82 Å². The molecule has 1 aromatic rings. The highest BCUT2D eigenvalue weighted by Crippen LogP contribution is 2.28. The van der Waals surface area contributed by atoms with Gasteiger partial charge in [0.1, 0.15) is 17.1 Å². The van der Waals surface area contributed by atoms with Crippen LogP contribution in [0.3, 0.4) is 0 Å². The zero-order valence-electron chi connectivity index (χ0n) is 11.9. The molecule has 0 aliphatic carbocycles. The normalized spacial score (nSPS) is 22.7. The first-order valence-electron chi connectivity index (χ1n) is 6.93. The van der Waals surface area contributed by atoms with E-state index in [9.17, 15) is 9.18 Å². The van der Waals surface area contributed by atoms with Crippen LogP contribution in [-0.2, 0) is 0 Å². The Morgan fingerprint density at radius 2 is 2.30 bits per heavy atom. The lowest BCUT2D eigenvalue weighted by atomic mass is 9.90. The number of benzene rings is 1. The van der Waals surface area contributed by atoms with Gasteiger partial charge in [0.2, 0.25) is 0 Å². The molecule has 2 unspecified atom stereocenters. The summed E-state index contributed by atoms with van der Waals surface area (Å²) in [7, 11) is 1.44. The quantitative estimate of drug-likeness (QED) is 0.921. The number of amides is 1. The van der Waals surface area contributed by atoms with Gasteiger partial charge >= 0.3 is 0 Å². The first kappa shape index (κ1) is 14.8. The third-order valence-corrected chi connectivity index (χ3v) is 4.03. The molecule has 1 aliphatic heterocycles. The molecule has 1 aromatic carbocycles. The number of methoxy groups -OCH3 is 1. The molecule has 5 heteroatoms. The Bertz CT molecular complexity index is 493. The number of hydrogen-bond acceptors (Lipinski definition) is 3. The SMILES string of the molecule is COc1cccc(F)c1C(=O)N1CCCC(C)C1CN. The fourth-order valence-electron chi connectivity index (χ4n) is 2.89. The van der Waals surface area contributed by atoms with Gasteiger partial charge in [-0.2, -0.15) is 0 Å². The lowest BCUT2D eigenvalue weighted by Crippen LogP contribution is -2.51. The van der Waals surface area contributed by atoms with Crippen LogP contribution in [0.15, 0.2) is 18.2 Å². The van der Waals surface area contributed by atoms with Crippen LogP contribution in [0.4, 0.5) is 4.39 Å². The third kappa shape index (κ3) is 2.63. The highest BCUT2D eigenvalue weighted by Gasteiger charge is 2.33. The first-order valence-corrected chi connectivity index (χ1v) is 6.93. The van der Waals surface area contributed by atoms with Crippen LogP contribution >= 0.6 is 0 Å². The number of carbonyl (C=O) groups excluding carboxylic acids is 1. The third-order valence-electron chi connectivity index (χ3n) is 4.03. The van der Waals surface area contributed by atoms with Crippen molar-refractivity contribution in [3.8, 4) is 5.75 Å². The monoisotopic (exact) mass is 280 g/mol. The fourth-order valence-corrected chi connectivity index (χ4v) is 2.89. The maximum Gasteiger partial charge on any atom is 0.260 e. The zero-order valence-corrected chi connectivity index (χ0v) is 11.9. The Kier molecular flexibility index (Phi) is 4.60. The summed E-state index contributed by atoms with van der Waals surface area (Å²) in [6.07, 6.45) is 1.96. The lowest BCUT2D eigenvalue weighted by molar-refractivity contribution is 0.0524. The van der Waals surface area contributed by atoms with Gasteiger partial charge in [-0.1, -0.05) is 13.0 Å². The zero-order chi connectivity index (χ0) is 14.7. The molecule has 2 rings (SSSR count). The Morgan fingerprint density at radius 3 is 2.95 bits per heavy atom. The Balaban J connectivity index is 2.35. The van der Waals surface area contributed by atoms with E-state index >= 15 is 0 Å². The molecule has 0 bridgehead atoms. The minimum Gasteiger partial charge on any atom is -0.496 e. The largest absolute Gasteiger partial charge is 0.496 e. The minimum atomic E-state index is -0.552. The number of likely N-dealkylation sites (tertiary alicyclic amines) is 1. The summed E-state index contributed by atoms with van der Waals surface area (Å²) in [5.41, 5.74) is 5.79. The van der Waals surface area contributed by atoms with Gasteiger partial charge in [0.25, 0.3) is 5.91 Å². The smallest absolute Gasteiger partial charge is 0.260 e. The van der Waals surface area contributed by atoms with Crippen molar-refractivity contribution >= 4 is 5.91 Å². The minimum absolute atomic E-state index is 0.00236. The number of carbonyl (C=O) groups is 1. The molecular weight excluding hydrogens is 259 g/mol. The van der Waals surface area contributed by atoms with Crippen LogP contribution in [0.1, 0.15) is 30.1 Å². The van der Waals surface area contributed by atoms with Gasteiger partial charge in [-0.15, -0.1) is 0 Å². The topological polar surface area (TPSA) is 55.6 Å². The summed E-state index contributed by atoms with van der Waals surface area (Å²) in [6, 6.07) is 4.37. The molecule has 0 radical (unpaired) electrons. The second-order valence-electron chi connectivity index (χ2n) is 5.24. The predicted octanol–water partition coefficient (Wildman–Crippen LogP) is 2.03. The van der Waals surface area contributed by atoms with Crippen molar-refractivity contribution in [2.75, 3.05) is 20.2 Å². The maximum absolute atomic E-state index is 14.0. The number of hydrogen-bond donors (Lipinski definition) is 1. The molecule has 1 amide bonds. The average Bonchev–Trinajstić information content (AvgIpc) is 2.46. The molecule has 110 valence electrons. The Morgan fingerprint density at radius 1 is 1.55 bits per heavy atom. The lowest BCUT2D eigenvalue weighted by Gasteiger charge is -2.39. The second-order valence-corrected chi connectivity index (χ2v) is 5.24. The van der Waals surface area contributed by atoms with E-state index in [1.807, 2.05) is 0 Å². The van der Waals surface area contributed by atoms with E-state index in [-0.39, 0.29) is 23.3 Å². The predicted molar refractivity (Wildman–Crippen MR) is 75.2 cm³/mol. The van der Waals surface area contributed by atoms with E-state index in [0.717, 1.165) is 12.8 Å². The summed E-state index contributed by atoms with van der Waals surface area (Å²) in [6.45, 7) is 3.09. The van der Waals surface area contributed by atoms with Crippen molar-refractivity contribution < 1.29 is 13.9 Å². The number of ether oxygens (including phenoxy) is 1. The number of nitrogens with two attached hydrogens (primary N) is 1. The molecule has 1 saturated heterocycles. The van der Waals surface area contributed by atoms with Crippen LogP contribution in [0.25, 0.3) is 0 Å². The number of rotatable bonds is 3. The van der Waals surface area contributed by atoms with Gasteiger partial charge in [0.15, 0.2) is 0 Å². The molecule has 4 nitrogen and oxygen atoms in total. The van der Waals surface area contributed by atoms with E-state index in [0.29, 0.717) is 19.0 Å². The van der Waals surface area contributed by atoms with Crippen LogP contribution in [0, 0.1) is 11.7 Å². The van der Waals surface area contributed by atoms with Crippen molar-refractivity contribution in [3.63, 3.8) is 0 Å². The summed E-state index contributed by atoms with van der Waals surface area (Å²) in [5, 5.41) is 0. The highest BCUT2D eigenvalue weighted by atomic mass is 19.1. The van der Waals surface area contributed by atoms with Gasteiger partial charge in [0.05, 0.1) is 7.11 Å². The van der Waals surface area contributed by atoms with Crippen molar-refractivity contribution in [1.29, 1.82) is 0 Å². The molecule has 2 atom stereocenters. The van der Waals surface area contributed by atoms with E-state index in [4.69, 9.17) is 10.5 Å². The number of piperidine rings is 1. The van der Waals surface area contributed by atoms with Crippen molar-refractivity contribution in [1.82, 2.24) is 4.90 Å². The number of nitrogens with zero attached hydrogens (tertiary/aromatic N) is 1. The fraction of sp³-hybridized carbons (Fsp3) is 0.533. The van der Waals surface area contributed by atoms with Crippen LogP contribution in [0.2, 0.25) is 0 Å². The Hall–Kier alpha value is -1.62. The van der Waals surface area contributed by atoms with Crippen LogP contribution in [-0.4, -0.2) is 37.0 Å². The van der Waals surface area contributed by atoms with E-state index in [2.05, 4.69) is 6.92 Å². The summed E-state index contributed by atoms with van der Waals surface area (Å²) in [4.78, 5) is 14.4. The van der Waals surface area contributed by atoms with Gasteiger partial charge in [-0.3, -0.25) is 4.79 Å². The number of halogens is 1. The van der Waals surface area contributed by atoms with Crippen LogP contribution < -0.4 is 10.5 Å². The molecule has 20 heavy (non-hydrogen) atoms. The standard InChI is InChI=1S/C15H21FN2O2/c1-10-5-4-8-18(12(10)9-17)15(19)14-11(16)6-3-7-13(14)20-2/h3,6-7,10,12H,4-5,8-9,17H2,1-2H3. The molecule has 2 N–H and O–H groups in total. The molecule has 1 aliphatic rings. The van der Waals surface area contributed by atoms with Crippen molar-refractivity contribution in [3.05, 3.63) is 29.6 Å². The van der Waals surface area contributed by atoms with Gasteiger partial charge < -0.3 is 15.4 Å². The van der Waals surface area contributed by atoms with Gasteiger partial charge in [-0.05, 0) is 30.9 Å². The van der Waals surface area contributed by atoms with Crippen molar-refractivity contribution in [2.24, 2.45) is 11.7 Å². The van der Waals surface area contributed by atoms with Gasteiger partial charge in [-0.25, -0.2) is 4.39 Å². The second kappa shape index (κ2) is 6.22. The van der Waals surface area contributed by atoms with Gasteiger partial charge in [0, 0.05) is 19.1 Å². The molecule has 0 saturated carbocycles. The van der Waals surface area contributed by atoms with Crippen molar-refractivity contribution in [2.45, 2.75) is 25.8 Å². The van der Waals surface area contributed by atoms with E-state index in [1.54, 1.807) is 11.0 Å². The molecule has 0 spiro atoms. The first-order chi connectivity index (χ1) is 9.60. The van der Waals surface area contributed by atoms with Crippen LogP contribution in [0.5, 0.6) is 5.75 Å². The summed E-state index contributed by atoms with van der Waals surface area (Å²) < 4.78 is 19.1. The molecule has 1 heterocycles. The average molecular weight is 280 g/mol. The maximum atomic E-state index is 14.0. The Labute approximate surface area is 118 Å². The molecule has 0 aromatic heterocycles. The summed E-state index contributed by atoms with van der Waals surface area (Å²) in [5.74, 6) is -0.287. The molecule has 1 fully saturated rings. The van der Waals surface area contributed by atoms with E-state index in [1.165, 1.54) is 19.2 Å². The highest BCUT2D eigenvalue weighted by molar-refractivity contribution is 5.97. The summed E-state index contributed by atoms with van der Waals surface area (Å²) >= 11 is 0.